The standard InChI is InChI=1S/C12H20N2/c1-7-14-11(6)12(10(5)13)9(4)8(2)3/h7H,1,13H2,2-6H3/b12-10+,14-11?. The van der Waals surface area contributed by atoms with E-state index < -0.39 is 0 Å². The van der Waals surface area contributed by atoms with Crippen LogP contribution in [0.4, 0.5) is 0 Å². The van der Waals surface area contributed by atoms with Gasteiger partial charge in [-0.3, -0.25) is 4.99 Å². The normalized spacial score (nSPS) is 13.4. The van der Waals surface area contributed by atoms with Crippen molar-refractivity contribution in [1.29, 1.82) is 0 Å². The van der Waals surface area contributed by atoms with Crippen LogP contribution in [0.25, 0.3) is 0 Å². The molecule has 0 unspecified atom stereocenters. The number of hydrogen-bond acceptors (Lipinski definition) is 2. The minimum absolute atomic E-state index is 0.798. The lowest BCUT2D eigenvalue weighted by Gasteiger charge is -2.11. The van der Waals surface area contributed by atoms with E-state index in [1.807, 2.05) is 13.8 Å². The zero-order chi connectivity index (χ0) is 11.3. The van der Waals surface area contributed by atoms with Gasteiger partial charge in [0.05, 0.1) is 0 Å². The summed E-state index contributed by atoms with van der Waals surface area (Å²) in [5.41, 5.74) is 11.0. The number of aliphatic imine (C=N–C) groups is 1. The summed E-state index contributed by atoms with van der Waals surface area (Å²) in [5, 5.41) is 0. The highest BCUT2D eigenvalue weighted by molar-refractivity contribution is 6.03. The SMILES string of the molecule is C=CN=C(C)/C(C(C)=C(C)C)=C(\C)N. The lowest BCUT2D eigenvalue weighted by molar-refractivity contribution is 1.20. The van der Waals surface area contributed by atoms with Crippen molar-refractivity contribution in [2.24, 2.45) is 10.7 Å². The first-order valence-corrected chi connectivity index (χ1v) is 4.68. The summed E-state index contributed by atoms with van der Waals surface area (Å²) in [7, 11) is 0. The van der Waals surface area contributed by atoms with Gasteiger partial charge in [0, 0.05) is 23.2 Å². The Balaban J connectivity index is 5.44. The maximum atomic E-state index is 5.84. The molecule has 0 rings (SSSR count). The molecule has 0 amide bonds. The van der Waals surface area contributed by atoms with Crippen LogP contribution in [-0.4, -0.2) is 5.71 Å². The Morgan fingerprint density at radius 1 is 1.14 bits per heavy atom. The van der Waals surface area contributed by atoms with E-state index in [2.05, 4.69) is 32.3 Å². The van der Waals surface area contributed by atoms with Gasteiger partial charge >= 0.3 is 0 Å². The third-order valence-electron chi connectivity index (χ3n) is 2.17. The maximum Gasteiger partial charge on any atom is 0.0464 e. The van der Waals surface area contributed by atoms with E-state index in [0.717, 1.165) is 17.0 Å². The van der Waals surface area contributed by atoms with E-state index in [-0.39, 0.29) is 0 Å². The van der Waals surface area contributed by atoms with Gasteiger partial charge in [0.2, 0.25) is 0 Å². The first-order chi connectivity index (χ1) is 6.41. The third kappa shape index (κ3) is 3.21. The van der Waals surface area contributed by atoms with Crippen molar-refractivity contribution in [2.75, 3.05) is 0 Å². The lowest BCUT2D eigenvalue weighted by Crippen LogP contribution is -2.08. The van der Waals surface area contributed by atoms with Crippen molar-refractivity contribution in [3.05, 3.63) is 35.2 Å². The molecule has 2 N–H and O–H groups in total. The molecule has 0 bridgehead atoms. The summed E-state index contributed by atoms with van der Waals surface area (Å²) in [5.74, 6) is 0. The lowest BCUT2D eigenvalue weighted by atomic mass is 9.98. The Labute approximate surface area is 86.9 Å². The quantitative estimate of drug-likeness (QED) is 0.541. The molecule has 0 radical (unpaired) electrons. The fourth-order valence-electron chi connectivity index (χ4n) is 1.30. The van der Waals surface area contributed by atoms with Gasteiger partial charge in [-0.05, 0) is 40.2 Å². The molecule has 14 heavy (non-hydrogen) atoms. The van der Waals surface area contributed by atoms with Crippen molar-refractivity contribution < 1.29 is 0 Å². The Morgan fingerprint density at radius 2 is 1.64 bits per heavy atom. The molecule has 0 aromatic heterocycles. The van der Waals surface area contributed by atoms with Gasteiger partial charge in [-0.1, -0.05) is 12.2 Å². The topological polar surface area (TPSA) is 38.4 Å². The van der Waals surface area contributed by atoms with Gasteiger partial charge in [0.1, 0.15) is 0 Å². The molecule has 0 aliphatic rings. The van der Waals surface area contributed by atoms with E-state index >= 15 is 0 Å². The van der Waals surface area contributed by atoms with E-state index in [0.29, 0.717) is 0 Å². The van der Waals surface area contributed by atoms with E-state index in [9.17, 15) is 0 Å². The first-order valence-electron chi connectivity index (χ1n) is 4.68. The van der Waals surface area contributed by atoms with Crippen molar-refractivity contribution in [1.82, 2.24) is 0 Å². The summed E-state index contributed by atoms with van der Waals surface area (Å²) >= 11 is 0. The van der Waals surface area contributed by atoms with Crippen LogP contribution >= 0.6 is 0 Å². The van der Waals surface area contributed by atoms with Crippen molar-refractivity contribution in [3.8, 4) is 0 Å². The van der Waals surface area contributed by atoms with Crippen LogP contribution in [-0.2, 0) is 0 Å². The van der Waals surface area contributed by atoms with Crippen LogP contribution in [0, 0.1) is 0 Å². The summed E-state index contributed by atoms with van der Waals surface area (Å²) in [4.78, 5) is 4.16. The number of nitrogens with two attached hydrogens (primary N) is 1. The van der Waals surface area contributed by atoms with Gasteiger partial charge in [-0.2, -0.15) is 0 Å². The van der Waals surface area contributed by atoms with E-state index in [4.69, 9.17) is 5.73 Å². The smallest absolute Gasteiger partial charge is 0.0464 e. The van der Waals surface area contributed by atoms with Crippen LogP contribution in [0.15, 0.2) is 40.2 Å². The number of allylic oxidation sites excluding steroid dienone is 4. The van der Waals surface area contributed by atoms with Gasteiger partial charge < -0.3 is 5.73 Å². The highest BCUT2D eigenvalue weighted by Gasteiger charge is 2.07. The van der Waals surface area contributed by atoms with Crippen molar-refractivity contribution >= 4 is 5.71 Å². The van der Waals surface area contributed by atoms with Crippen molar-refractivity contribution in [2.45, 2.75) is 34.6 Å². The average molecular weight is 192 g/mol. The summed E-state index contributed by atoms with van der Waals surface area (Å²) in [6.45, 7) is 13.6. The summed E-state index contributed by atoms with van der Waals surface area (Å²) in [6, 6.07) is 0. The Bertz CT molecular complexity index is 309. The molecule has 0 saturated heterocycles. The predicted molar refractivity (Wildman–Crippen MR) is 64.2 cm³/mol. The molecule has 0 aliphatic heterocycles. The average Bonchev–Trinajstić information content (AvgIpc) is 2.03. The van der Waals surface area contributed by atoms with Crippen LogP contribution in [0.5, 0.6) is 0 Å². The molecule has 0 aliphatic carbocycles. The van der Waals surface area contributed by atoms with Gasteiger partial charge in [-0.25, -0.2) is 0 Å². The maximum absolute atomic E-state index is 5.84. The second-order valence-electron chi connectivity index (χ2n) is 3.58. The van der Waals surface area contributed by atoms with Gasteiger partial charge in [-0.15, -0.1) is 0 Å². The minimum atomic E-state index is 0.798. The zero-order valence-corrected chi connectivity index (χ0v) is 9.81. The molecular weight excluding hydrogens is 172 g/mol. The number of hydrogen-bond donors (Lipinski definition) is 1. The highest BCUT2D eigenvalue weighted by Crippen LogP contribution is 2.17. The number of rotatable bonds is 3. The zero-order valence-electron chi connectivity index (χ0n) is 9.81. The fraction of sp³-hybridized carbons (Fsp3) is 0.417. The van der Waals surface area contributed by atoms with Crippen LogP contribution in [0.1, 0.15) is 34.6 Å². The Hall–Kier alpha value is -1.31. The molecule has 0 spiro atoms. The second-order valence-corrected chi connectivity index (χ2v) is 3.58. The van der Waals surface area contributed by atoms with Crippen molar-refractivity contribution in [3.63, 3.8) is 0 Å². The Morgan fingerprint density at radius 3 is 1.93 bits per heavy atom. The van der Waals surface area contributed by atoms with Crippen LogP contribution in [0.2, 0.25) is 0 Å². The monoisotopic (exact) mass is 192 g/mol. The van der Waals surface area contributed by atoms with E-state index in [1.165, 1.54) is 17.3 Å². The molecule has 2 nitrogen and oxygen atoms in total. The molecular formula is C12H20N2. The largest absolute Gasteiger partial charge is 0.402 e. The van der Waals surface area contributed by atoms with Crippen LogP contribution in [0.3, 0.4) is 0 Å². The predicted octanol–water partition coefficient (Wildman–Crippen LogP) is 3.18. The molecule has 0 aromatic rings. The second kappa shape index (κ2) is 5.43. The third-order valence-corrected chi connectivity index (χ3v) is 2.17. The fourth-order valence-corrected chi connectivity index (χ4v) is 1.30. The first kappa shape index (κ1) is 12.7. The molecule has 2 heteroatoms. The Kier molecular flexibility index (Phi) is 4.92. The van der Waals surface area contributed by atoms with Gasteiger partial charge in [0.25, 0.3) is 0 Å². The van der Waals surface area contributed by atoms with Gasteiger partial charge in [0.15, 0.2) is 0 Å². The molecule has 0 atom stereocenters. The highest BCUT2D eigenvalue weighted by atomic mass is 14.7. The summed E-state index contributed by atoms with van der Waals surface area (Å²) < 4.78 is 0. The molecule has 0 saturated carbocycles. The minimum Gasteiger partial charge on any atom is -0.402 e. The van der Waals surface area contributed by atoms with E-state index in [1.54, 1.807) is 0 Å². The molecule has 0 heterocycles. The van der Waals surface area contributed by atoms with Crippen LogP contribution < -0.4 is 5.73 Å². The summed E-state index contributed by atoms with van der Waals surface area (Å²) in [6.07, 6.45) is 1.54. The number of nitrogens with zero attached hydrogens (tertiary/aromatic N) is 1. The molecule has 78 valence electrons. The molecule has 0 fully saturated rings. The molecule has 0 aromatic carbocycles.